The van der Waals surface area contributed by atoms with Gasteiger partial charge in [-0.1, -0.05) is 17.3 Å². The monoisotopic (exact) mass is 220 g/mol. The fraction of sp³-hybridized carbons (Fsp3) is 0.200. The van der Waals surface area contributed by atoms with E-state index in [1.54, 1.807) is 6.07 Å². The van der Waals surface area contributed by atoms with Crippen molar-refractivity contribution in [1.29, 1.82) is 0 Å². The molecule has 2 rings (SSSR count). The zero-order chi connectivity index (χ0) is 11.4. The number of Topliss-reactive ketones (excluding diaryl/α,β-unsaturated/α-hetero) is 1. The van der Waals surface area contributed by atoms with Crippen molar-refractivity contribution in [3.05, 3.63) is 41.5 Å². The normalized spacial score (nSPS) is 10.3. The number of nitrogens with one attached hydrogen (secondary N) is 1. The van der Waals surface area contributed by atoms with Gasteiger partial charge in [0.05, 0.1) is 0 Å². The molecule has 0 fully saturated rings. The van der Waals surface area contributed by atoms with Crippen LogP contribution in [-0.2, 0) is 6.42 Å². The number of H-pyrrole nitrogens is 1. The average Bonchev–Trinajstić information content (AvgIpc) is 2.78. The van der Waals surface area contributed by atoms with Gasteiger partial charge in [0, 0.05) is 18.4 Å². The number of aromatic amines is 1. The van der Waals surface area contributed by atoms with E-state index in [0.717, 1.165) is 0 Å². The standard InChI is InChI=1S/C10H9FN4O/c11-8-3-1-2-7(6-8)9(16)4-5-10-12-14-15-13-10/h1-3,6H,4-5H2,(H,12,13,14,15). The van der Waals surface area contributed by atoms with Gasteiger partial charge < -0.3 is 0 Å². The molecule has 0 radical (unpaired) electrons. The predicted molar refractivity (Wildman–Crippen MR) is 53.2 cm³/mol. The number of tetrazole rings is 1. The van der Waals surface area contributed by atoms with Crippen molar-refractivity contribution in [3.8, 4) is 0 Å². The number of nitrogens with zero attached hydrogens (tertiary/aromatic N) is 3. The zero-order valence-electron chi connectivity index (χ0n) is 8.35. The highest BCUT2D eigenvalue weighted by atomic mass is 19.1. The van der Waals surface area contributed by atoms with Crippen LogP contribution in [0.25, 0.3) is 0 Å². The second-order valence-corrected chi connectivity index (χ2v) is 3.26. The lowest BCUT2D eigenvalue weighted by Crippen LogP contribution is -2.02. The van der Waals surface area contributed by atoms with Crippen molar-refractivity contribution in [2.45, 2.75) is 12.8 Å². The van der Waals surface area contributed by atoms with Crippen LogP contribution in [-0.4, -0.2) is 26.4 Å². The number of hydrogen-bond acceptors (Lipinski definition) is 4. The van der Waals surface area contributed by atoms with Gasteiger partial charge in [-0.3, -0.25) is 4.79 Å². The van der Waals surface area contributed by atoms with Gasteiger partial charge in [0.25, 0.3) is 0 Å². The summed E-state index contributed by atoms with van der Waals surface area (Å²) in [4.78, 5) is 11.6. The lowest BCUT2D eigenvalue weighted by Gasteiger charge is -1.98. The summed E-state index contributed by atoms with van der Waals surface area (Å²) in [7, 11) is 0. The molecule has 0 saturated heterocycles. The molecule has 16 heavy (non-hydrogen) atoms. The van der Waals surface area contributed by atoms with Crippen molar-refractivity contribution in [1.82, 2.24) is 20.6 Å². The van der Waals surface area contributed by atoms with Crippen LogP contribution in [0, 0.1) is 5.82 Å². The maximum absolute atomic E-state index is 12.8. The molecule has 0 aliphatic heterocycles. The Morgan fingerprint density at radius 3 is 3.00 bits per heavy atom. The van der Waals surface area contributed by atoms with Gasteiger partial charge in [0.1, 0.15) is 5.82 Å². The highest BCUT2D eigenvalue weighted by Gasteiger charge is 2.08. The summed E-state index contributed by atoms with van der Waals surface area (Å²) in [5.41, 5.74) is 0.364. The number of carbonyl (C=O) groups excluding carboxylic acids is 1. The molecule has 0 aliphatic carbocycles. The van der Waals surface area contributed by atoms with Crippen molar-refractivity contribution < 1.29 is 9.18 Å². The van der Waals surface area contributed by atoms with Crippen molar-refractivity contribution >= 4 is 5.78 Å². The number of halogens is 1. The Bertz CT molecular complexity index is 483. The molecule has 0 bridgehead atoms. The van der Waals surface area contributed by atoms with Crippen molar-refractivity contribution in [2.75, 3.05) is 0 Å². The van der Waals surface area contributed by atoms with Crippen LogP contribution in [0.2, 0.25) is 0 Å². The van der Waals surface area contributed by atoms with Gasteiger partial charge in [-0.2, -0.15) is 5.21 Å². The van der Waals surface area contributed by atoms with Crippen molar-refractivity contribution in [3.63, 3.8) is 0 Å². The van der Waals surface area contributed by atoms with E-state index in [4.69, 9.17) is 0 Å². The molecule has 82 valence electrons. The number of benzene rings is 1. The molecular weight excluding hydrogens is 211 g/mol. The van der Waals surface area contributed by atoms with Gasteiger partial charge >= 0.3 is 0 Å². The lowest BCUT2D eigenvalue weighted by atomic mass is 10.1. The summed E-state index contributed by atoms with van der Waals surface area (Å²) in [5.74, 6) is -0.0699. The third-order valence-corrected chi connectivity index (χ3v) is 2.11. The largest absolute Gasteiger partial charge is 0.294 e. The molecule has 5 nitrogen and oxygen atoms in total. The molecule has 2 aromatic rings. The minimum absolute atomic E-state index is 0.135. The summed E-state index contributed by atoms with van der Waals surface area (Å²) in [6.45, 7) is 0. The molecule has 1 aromatic carbocycles. The van der Waals surface area contributed by atoms with E-state index >= 15 is 0 Å². The number of aryl methyl sites for hydroxylation is 1. The number of rotatable bonds is 4. The number of carbonyl (C=O) groups is 1. The van der Waals surface area contributed by atoms with Gasteiger partial charge in [-0.15, -0.1) is 10.2 Å². The first-order valence-electron chi connectivity index (χ1n) is 4.77. The van der Waals surface area contributed by atoms with Crippen LogP contribution in [0.5, 0.6) is 0 Å². The van der Waals surface area contributed by atoms with E-state index in [9.17, 15) is 9.18 Å². The molecule has 0 aliphatic rings. The van der Waals surface area contributed by atoms with Crippen LogP contribution in [0.3, 0.4) is 0 Å². The molecule has 0 saturated carbocycles. The quantitative estimate of drug-likeness (QED) is 0.784. The lowest BCUT2D eigenvalue weighted by molar-refractivity contribution is 0.0981. The maximum atomic E-state index is 12.8. The Morgan fingerprint density at radius 2 is 2.31 bits per heavy atom. The van der Waals surface area contributed by atoms with E-state index in [-0.39, 0.29) is 12.2 Å². The molecule has 6 heteroatoms. The maximum Gasteiger partial charge on any atom is 0.175 e. The summed E-state index contributed by atoms with van der Waals surface area (Å²) in [6, 6.07) is 5.62. The minimum atomic E-state index is -0.412. The second kappa shape index (κ2) is 4.61. The Morgan fingerprint density at radius 1 is 1.44 bits per heavy atom. The minimum Gasteiger partial charge on any atom is -0.294 e. The molecule has 0 atom stereocenters. The van der Waals surface area contributed by atoms with E-state index in [0.29, 0.717) is 17.8 Å². The highest BCUT2D eigenvalue weighted by molar-refractivity contribution is 5.96. The van der Waals surface area contributed by atoms with Crippen molar-refractivity contribution in [2.24, 2.45) is 0 Å². The smallest absolute Gasteiger partial charge is 0.175 e. The van der Waals surface area contributed by atoms with Crippen LogP contribution in [0.4, 0.5) is 4.39 Å². The Hall–Kier alpha value is -2.11. The average molecular weight is 220 g/mol. The molecule has 1 N–H and O–H groups in total. The molecule has 1 heterocycles. The third-order valence-electron chi connectivity index (χ3n) is 2.11. The first kappa shape index (κ1) is 10.4. The summed E-state index contributed by atoms with van der Waals surface area (Å²) in [6.07, 6.45) is 0.634. The van der Waals surface area contributed by atoms with Crippen LogP contribution < -0.4 is 0 Å². The number of ketones is 1. The van der Waals surface area contributed by atoms with E-state index in [1.807, 2.05) is 0 Å². The molecule has 0 unspecified atom stereocenters. The summed E-state index contributed by atoms with van der Waals surface area (Å²) < 4.78 is 12.8. The molecule has 1 aromatic heterocycles. The zero-order valence-corrected chi connectivity index (χ0v) is 8.35. The molecule has 0 spiro atoms. The Balaban J connectivity index is 1.98. The third kappa shape index (κ3) is 2.47. The van der Waals surface area contributed by atoms with Gasteiger partial charge in [-0.05, 0) is 12.1 Å². The first-order chi connectivity index (χ1) is 7.75. The van der Waals surface area contributed by atoms with Crippen LogP contribution in [0.15, 0.2) is 24.3 Å². The Kier molecular flexibility index (Phi) is 3.00. The Labute approximate surface area is 90.7 Å². The summed E-state index contributed by atoms with van der Waals surface area (Å²) in [5, 5.41) is 13.1. The second-order valence-electron chi connectivity index (χ2n) is 3.26. The van der Waals surface area contributed by atoms with Gasteiger partial charge in [0.2, 0.25) is 0 Å². The molecule has 0 amide bonds. The van der Waals surface area contributed by atoms with Crippen LogP contribution in [0.1, 0.15) is 22.6 Å². The topological polar surface area (TPSA) is 71.5 Å². The van der Waals surface area contributed by atoms with E-state index in [2.05, 4.69) is 20.6 Å². The predicted octanol–water partition coefficient (Wildman–Crippen LogP) is 1.15. The van der Waals surface area contributed by atoms with Crippen LogP contribution >= 0.6 is 0 Å². The first-order valence-corrected chi connectivity index (χ1v) is 4.77. The highest BCUT2D eigenvalue weighted by Crippen LogP contribution is 2.07. The summed E-state index contributed by atoms with van der Waals surface area (Å²) >= 11 is 0. The number of hydrogen-bond donors (Lipinski definition) is 1. The fourth-order valence-corrected chi connectivity index (χ4v) is 1.32. The van der Waals surface area contributed by atoms with E-state index < -0.39 is 5.82 Å². The molecular formula is C10H9FN4O. The fourth-order valence-electron chi connectivity index (χ4n) is 1.32. The SMILES string of the molecule is O=C(CCc1nn[nH]n1)c1cccc(F)c1. The number of aromatic nitrogens is 4. The van der Waals surface area contributed by atoms with E-state index in [1.165, 1.54) is 18.2 Å². The van der Waals surface area contributed by atoms with Gasteiger partial charge in [-0.25, -0.2) is 4.39 Å². The van der Waals surface area contributed by atoms with Gasteiger partial charge in [0.15, 0.2) is 11.6 Å².